The van der Waals surface area contributed by atoms with E-state index in [4.69, 9.17) is 0 Å². The standard InChI is InChI=1S/C18H15NO/c20-18-16(11-10-15-8-4-5-9-17(15)18)13-19-12-14-6-2-1-3-7-14/h1-11,13,20H,12H2. The number of aromatic hydroxyl groups is 1. The minimum atomic E-state index is 0.292. The lowest BCUT2D eigenvalue weighted by Crippen LogP contribution is -1.86. The van der Waals surface area contributed by atoms with E-state index in [1.165, 1.54) is 0 Å². The molecule has 0 aromatic heterocycles. The molecule has 98 valence electrons. The molecule has 0 atom stereocenters. The second kappa shape index (κ2) is 5.57. The third-order valence-corrected chi connectivity index (χ3v) is 3.28. The molecule has 2 nitrogen and oxygen atoms in total. The average Bonchev–Trinajstić information content (AvgIpc) is 2.51. The van der Waals surface area contributed by atoms with Crippen molar-refractivity contribution in [3.05, 3.63) is 77.9 Å². The van der Waals surface area contributed by atoms with Gasteiger partial charge in [-0.1, -0.05) is 60.7 Å². The Morgan fingerprint density at radius 2 is 1.60 bits per heavy atom. The second-order valence-electron chi connectivity index (χ2n) is 4.68. The number of nitrogens with zero attached hydrogens (tertiary/aromatic N) is 1. The number of benzene rings is 3. The van der Waals surface area contributed by atoms with Crippen LogP contribution in [0.5, 0.6) is 5.75 Å². The van der Waals surface area contributed by atoms with Crippen LogP contribution in [0.1, 0.15) is 11.1 Å². The van der Waals surface area contributed by atoms with Crippen LogP contribution in [0.4, 0.5) is 0 Å². The zero-order chi connectivity index (χ0) is 13.8. The largest absolute Gasteiger partial charge is 0.507 e. The van der Waals surface area contributed by atoms with Crippen LogP contribution >= 0.6 is 0 Å². The van der Waals surface area contributed by atoms with Crippen LogP contribution in [0.25, 0.3) is 10.8 Å². The Labute approximate surface area is 118 Å². The smallest absolute Gasteiger partial charge is 0.132 e. The molecule has 0 amide bonds. The lowest BCUT2D eigenvalue weighted by molar-refractivity contribution is 0.481. The van der Waals surface area contributed by atoms with Gasteiger partial charge in [-0.2, -0.15) is 0 Å². The summed E-state index contributed by atoms with van der Waals surface area (Å²) in [4.78, 5) is 4.39. The van der Waals surface area contributed by atoms with Crippen molar-refractivity contribution in [1.29, 1.82) is 0 Å². The van der Waals surface area contributed by atoms with E-state index in [9.17, 15) is 5.11 Å². The fraction of sp³-hybridized carbons (Fsp3) is 0.0556. The lowest BCUT2D eigenvalue weighted by atomic mass is 10.1. The predicted octanol–water partition coefficient (Wildman–Crippen LogP) is 4.16. The Morgan fingerprint density at radius 3 is 2.45 bits per heavy atom. The number of phenols is 1. The van der Waals surface area contributed by atoms with E-state index in [1.54, 1.807) is 6.21 Å². The Morgan fingerprint density at radius 1 is 0.850 bits per heavy atom. The van der Waals surface area contributed by atoms with Crippen molar-refractivity contribution >= 4 is 17.0 Å². The topological polar surface area (TPSA) is 32.6 Å². The van der Waals surface area contributed by atoms with Crippen LogP contribution in [-0.4, -0.2) is 11.3 Å². The van der Waals surface area contributed by atoms with Crippen molar-refractivity contribution in [1.82, 2.24) is 0 Å². The Hall–Kier alpha value is -2.61. The molecule has 20 heavy (non-hydrogen) atoms. The van der Waals surface area contributed by atoms with Gasteiger partial charge in [0, 0.05) is 17.2 Å². The Balaban J connectivity index is 1.86. The van der Waals surface area contributed by atoms with Gasteiger partial charge in [-0.3, -0.25) is 4.99 Å². The molecular weight excluding hydrogens is 246 g/mol. The summed E-state index contributed by atoms with van der Waals surface area (Å²) in [7, 11) is 0. The van der Waals surface area contributed by atoms with Gasteiger partial charge in [-0.15, -0.1) is 0 Å². The summed E-state index contributed by atoms with van der Waals surface area (Å²) in [6, 6.07) is 21.7. The fourth-order valence-corrected chi connectivity index (χ4v) is 2.21. The van der Waals surface area contributed by atoms with E-state index in [1.807, 2.05) is 66.7 Å². The summed E-state index contributed by atoms with van der Waals surface area (Å²) in [5, 5.41) is 12.1. The summed E-state index contributed by atoms with van der Waals surface area (Å²) >= 11 is 0. The van der Waals surface area contributed by atoms with Crippen LogP contribution in [0.3, 0.4) is 0 Å². The molecule has 0 saturated carbocycles. The van der Waals surface area contributed by atoms with E-state index < -0.39 is 0 Å². The summed E-state index contributed by atoms with van der Waals surface area (Å²) in [5.74, 6) is 0.292. The predicted molar refractivity (Wildman–Crippen MR) is 83.4 cm³/mol. The maximum Gasteiger partial charge on any atom is 0.132 e. The van der Waals surface area contributed by atoms with Gasteiger partial charge < -0.3 is 5.11 Å². The van der Waals surface area contributed by atoms with Crippen LogP contribution < -0.4 is 0 Å². The first-order valence-electron chi connectivity index (χ1n) is 6.59. The molecule has 0 fully saturated rings. The lowest BCUT2D eigenvalue weighted by Gasteiger charge is -2.04. The van der Waals surface area contributed by atoms with E-state index in [-0.39, 0.29) is 0 Å². The molecule has 0 aliphatic rings. The molecule has 1 N–H and O–H groups in total. The number of aliphatic imine (C=N–C) groups is 1. The van der Waals surface area contributed by atoms with E-state index in [0.717, 1.165) is 21.9 Å². The molecule has 0 aliphatic heterocycles. The minimum Gasteiger partial charge on any atom is -0.507 e. The molecule has 0 aliphatic carbocycles. The Bertz CT molecular complexity index is 748. The van der Waals surface area contributed by atoms with Crippen molar-refractivity contribution in [2.24, 2.45) is 4.99 Å². The number of fused-ring (bicyclic) bond motifs is 1. The maximum absolute atomic E-state index is 10.3. The van der Waals surface area contributed by atoms with Gasteiger partial charge in [0.25, 0.3) is 0 Å². The average molecular weight is 261 g/mol. The molecule has 3 rings (SSSR count). The van der Waals surface area contributed by atoms with Gasteiger partial charge in [0.1, 0.15) is 5.75 Å². The normalized spacial score (nSPS) is 11.2. The van der Waals surface area contributed by atoms with Crippen LogP contribution in [0, 0.1) is 0 Å². The summed E-state index contributed by atoms with van der Waals surface area (Å²) < 4.78 is 0. The molecule has 2 heteroatoms. The highest BCUT2D eigenvalue weighted by Gasteiger charge is 2.03. The number of phenolic OH excluding ortho intramolecular Hbond substituents is 1. The van der Waals surface area contributed by atoms with Crippen LogP contribution in [0.2, 0.25) is 0 Å². The molecule has 3 aromatic carbocycles. The summed E-state index contributed by atoms with van der Waals surface area (Å²) in [5.41, 5.74) is 1.91. The quantitative estimate of drug-likeness (QED) is 0.705. The highest BCUT2D eigenvalue weighted by molar-refractivity contribution is 5.97. The first-order chi connectivity index (χ1) is 9.84. The van der Waals surface area contributed by atoms with Gasteiger partial charge in [-0.25, -0.2) is 0 Å². The summed E-state index contributed by atoms with van der Waals surface area (Å²) in [6.07, 6.45) is 1.73. The van der Waals surface area contributed by atoms with Crippen molar-refractivity contribution in [3.63, 3.8) is 0 Å². The molecular formula is C18H15NO. The Kier molecular flexibility index (Phi) is 3.46. The maximum atomic E-state index is 10.3. The highest BCUT2D eigenvalue weighted by Crippen LogP contribution is 2.27. The van der Waals surface area contributed by atoms with Gasteiger partial charge >= 0.3 is 0 Å². The zero-order valence-electron chi connectivity index (χ0n) is 11.0. The van der Waals surface area contributed by atoms with Crippen molar-refractivity contribution in [3.8, 4) is 5.75 Å². The first-order valence-corrected chi connectivity index (χ1v) is 6.59. The molecule has 0 saturated heterocycles. The highest BCUT2D eigenvalue weighted by atomic mass is 16.3. The van der Waals surface area contributed by atoms with Gasteiger partial charge in [-0.05, 0) is 17.0 Å². The van der Waals surface area contributed by atoms with Gasteiger partial charge in [0.15, 0.2) is 0 Å². The molecule has 0 radical (unpaired) electrons. The molecule has 0 heterocycles. The molecule has 0 unspecified atom stereocenters. The van der Waals surface area contributed by atoms with Crippen molar-refractivity contribution < 1.29 is 5.11 Å². The summed E-state index contributed by atoms with van der Waals surface area (Å²) in [6.45, 7) is 0.618. The fourth-order valence-electron chi connectivity index (χ4n) is 2.21. The minimum absolute atomic E-state index is 0.292. The first kappa shape index (κ1) is 12.4. The van der Waals surface area contributed by atoms with Crippen LogP contribution in [-0.2, 0) is 6.54 Å². The third kappa shape index (κ3) is 2.54. The van der Waals surface area contributed by atoms with E-state index >= 15 is 0 Å². The van der Waals surface area contributed by atoms with Crippen LogP contribution in [0.15, 0.2) is 71.7 Å². The van der Waals surface area contributed by atoms with E-state index in [0.29, 0.717) is 12.3 Å². The third-order valence-electron chi connectivity index (χ3n) is 3.28. The molecule has 0 bridgehead atoms. The van der Waals surface area contributed by atoms with Gasteiger partial charge in [0.05, 0.1) is 6.54 Å². The zero-order valence-corrected chi connectivity index (χ0v) is 11.0. The second-order valence-corrected chi connectivity index (χ2v) is 4.68. The monoisotopic (exact) mass is 261 g/mol. The molecule has 0 spiro atoms. The number of hydrogen-bond acceptors (Lipinski definition) is 2. The van der Waals surface area contributed by atoms with Crippen molar-refractivity contribution in [2.75, 3.05) is 0 Å². The van der Waals surface area contributed by atoms with E-state index in [2.05, 4.69) is 4.99 Å². The van der Waals surface area contributed by atoms with Crippen molar-refractivity contribution in [2.45, 2.75) is 6.54 Å². The number of rotatable bonds is 3. The molecule has 3 aromatic rings. The van der Waals surface area contributed by atoms with Gasteiger partial charge in [0.2, 0.25) is 0 Å². The number of hydrogen-bond donors (Lipinski definition) is 1. The SMILES string of the molecule is Oc1c(C=NCc2ccccc2)ccc2ccccc12.